The first-order valence-corrected chi connectivity index (χ1v) is 2.96. The fraction of sp³-hybridized carbons (Fsp3) is 0.800. The average molecular weight is 126 g/mol. The second-order valence-electron chi connectivity index (χ2n) is 2.14. The molecule has 0 saturated carbocycles. The van der Waals surface area contributed by atoms with Gasteiger partial charge in [0.25, 0.3) is 7.48 Å². The van der Waals surface area contributed by atoms with Gasteiger partial charge in [0.15, 0.2) is 0 Å². The summed E-state index contributed by atoms with van der Waals surface area (Å²) in [5, 5.41) is 2.70. The summed E-state index contributed by atoms with van der Waals surface area (Å²) < 4.78 is 4.76. The monoisotopic (exact) mass is 126 g/mol. The van der Waals surface area contributed by atoms with Gasteiger partial charge in [-0.2, -0.15) is 0 Å². The highest BCUT2D eigenvalue weighted by molar-refractivity contribution is 6.31. The van der Waals surface area contributed by atoms with Crippen molar-refractivity contribution < 1.29 is 9.45 Å². The zero-order valence-corrected chi connectivity index (χ0v) is 5.39. The van der Waals surface area contributed by atoms with E-state index in [2.05, 4.69) is 5.32 Å². The molecule has 4 heteroatoms. The van der Waals surface area contributed by atoms with Gasteiger partial charge in [0.05, 0.1) is 0 Å². The van der Waals surface area contributed by atoms with Crippen molar-refractivity contribution in [2.75, 3.05) is 13.7 Å². The molecule has 1 rings (SSSR count). The van der Waals surface area contributed by atoms with Gasteiger partial charge in [0.1, 0.15) is 0 Å². The highest BCUT2D eigenvalue weighted by Gasteiger charge is 2.22. The summed E-state index contributed by atoms with van der Waals surface area (Å²) in [5.74, 6) is 0.399. The van der Waals surface area contributed by atoms with E-state index in [1.807, 2.05) is 0 Å². The number of rotatable bonds is 2. The molecule has 1 aliphatic rings. The van der Waals surface area contributed by atoms with Crippen LogP contribution in [0.4, 0.5) is 0 Å². The van der Waals surface area contributed by atoms with Gasteiger partial charge in [-0.15, -0.1) is 0 Å². The first-order valence-electron chi connectivity index (χ1n) is 2.96. The smallest absolute Gasteiger partial charge is 0.297 e. The fourth-order valence-corrected chi connectivity index (χ4v) is 0.916. The Labute approximate surface area is 55.0 Å². The molecule has 0 aromatic rings. The Morgan fingerprint density at radius 1 is 1.89 bits per heavy atom. The largest absolute Gasteiger partial charge is 0.443 e. The van der Waals surface area contributed by atoms with E-state index in [0.29, 0.717) is 6.42 Å². The van der Waals surface area contributed by atoms with Crippen LogP contribution in [0.5, 0.6) is 0 Å². The Balaban J connectivity index is 2.22. The van der Waals surface area contributed by atoms with Gasteiger partial charge in [-0.1, -0.05) is 0 Å². The molecule has 1 amide bonds. The van der Waals surface area contributed by atoms with Crippen LogP contribution >= 0.6 is 0 Å². The van der Waals surface area contributed by atoms with Gasteiger partial charge in [0.2, 0.25) is 5.91 Å². The zero-order valence-electron chi connectivity index (χ0n) is 5.39. The number of carbonyl (C=O) groups excluding carboxylic acids is 1. The third kappa shape index (κ3) is 1.71. The standard InChI is InChI=1S/C5H9BNO2/c1-9-6-4-2-5(8)7-3-4/h4H,2-3H2,1H3,(H,7,8). The van der Waals surface area contributed by atoms with Crippen molar-refractivity contribution in [2.45, 2.75) is 12.2 Å². The lowest BCUT2D eigenvalue weighted by molar-refractivity contribution is -0.119. The lowest BCUT2D eigenvalue weighted by atomic mass is 9.79. The van der Waals surface area contributed by atoms with E-state index in [4.69, 9.17) is 4.65 Å². The van der Waals surface area contributed by atoms with Crippen molar-refractivity contribution in [1.82, 2.24) is 5.32 Å². The molecule has 0 aromatic carbocycles. The maximum atomic E-state index is 10.5. The third-order valence-electron chi connectivity index (χ3n) is 1.34. The van der Waals surface area contributed by atoms with Crippen LogP contribution in [-0.4, -0.2) is 27.0 Å². The van der Waals surface area contributed by atoms with Crippen molar-refractivity contribution >= 4 is 13.4 Å². The van der Waals surface area contributed by atoms with Gasteiger partial charge >= 0.3 is 0 Å². The Kier molecular flexibility index (Phi) is 2.11. The van der Waals surface area contributed by atoms with Crippen molar-refractivity contribution in [3.05, 3.63) is 0 Å². The van der Waals surface area contributed by atoms with E-state index in [1.165, 1.54) is 0 Å². The number of nitrogens with one attached hydrogen (secondary N) is 1. The van der Waals surface area contributed by atoms with Crippen LogP contribution in [0.25, 0.3) is 0 Å². The second kappa shape index (κ2) is 2.87. The summed E-state index contributed by atoms with van der Waals surface area (Å²) in [7, 11) is 3.29. The van der Waals surface area contributed by atoms with E-state index in [9.17, 15) is 4.79 Å². The molecule has 1 radical (unpaired) electrons. The zero-order chi connectivity index (χ0) is 6.69. The van der Waals surface area contributed by atoms with Crippen LogP contribution in [0.1, 0.15) is 6.42 Å². The molecule has 49 valence electrons. The Morgan fingerprint density at radius 3 is 3.11 bits per heavy atom. The van der Waals surface area contributed by atoms with E-state index >= 15 is 0 Å². The molecule has 0 aliphatic carbocycles. The van der Waals surface area contributed by atoms with Gasteiger partial charge in [-0.05, 0) is 5.82 Å². The minimum absolute atomic E-state index is 0.119. The van der Waals surface area contributed by atoms with Crippen LogP contribution < -0.4 is 5.32 Å². The second-order valence-corrected chi connectivity index (χ2v) is 2.14. The highest BCUT2D eigenvalue weighted by Crippen LogP contribution is 2.12. The number of carbonyl (C=O) groups is 1. The van der Waals surface area contributed by atoms with Crippen LogP contribution in [0, 0.1) is 0 Å². The summed E-state index contributed by atoms with van der Waals surface area (Å²) in [5.41, 5.74) is 0. The molecule has 1 atom stereocenters. The fourth-order valence-electron chi connectivity index (χ4n) is 0.916. The quantitative estimate of drug-likeness (QED) is 0.509. The lowest BCUT2D eigenvalue weighted by Crippen LogP contribution is -2.14. The molecular weight excluding hydrogens is 117 g/mol. The maximum Gasteiger partial charge on any atom is 0.297 e. The molecule has 0 bridgehead atoms. The molecule has 0 spiro atoms. The van der Waals surface area contributed by atoms with Crippen LogP contribution in [0.15, 0.2) is 0 Å². The summed E-state index contributed by atoms with van der Waals surface area (Å²) in [6.45, 7) is 0.729. The van der Waals surface area contributed by atoms with Crippen molar-refractivity contribution in [3.8, 4) is 0 Å². The summed E-state index contributed by atoms with van der Waals surface area (Å²) in [6.07, 6.45) is 0.577. The van der Waals surface area contributed by atoms with Crippen LogP contribution in [0.3, 0.4) is 0 Å². The minimum atomic E-state index is 0.119. The minimum Gasteiger partial charge on any atom is -0.443 e. The first-order chi connectivity index (χ1) is 4.33. The van der Waals surface area contributed by atoms with Gasteiger partial charge in [-0.3, -0.25) is 4.79 Å². The van der Waals surface area contributed by atoms with Gasteiger partial charge < -0.3 is 9.97 Å². The highest BCUT2D eigenvalue weighted by atomic mass is 16.4. The summed E-state index contributed by atoms with van der Waals surface area (Å²) >= 11 is 0. The van der Waals surface area contributed by atoms with Crippen molar-refractivity contribution in [1.29, 1.82) is 0 Å². The number of amides is 1. The maximum absolute atomic E-state index is 10.5. The first kappa shape index (κ1) is 6.61. The predicted molar refractivity (Wildman–Crippen MR) is 34.1 cm³/mol. The van der Waals surface area contributed by atoms with Gasteiger partial charge in [-0.25, -0.2) is 0 Å². The van der Waals surface area contributed by atoms with E-state index < -0.39 is 0 Å². The molecular formula is C5H9BNO2. The van der Waals surface area contributed by atoms with E-state index in [-0.39, 0.29) is 11.7 Å². The summed E-state index contributed by atoms with van der Waals surface area (Å²) in [4.78, 5) is 10.5. The van der Waals surface area contributed by atoms with E-state index in [0.717, 1.165) is 6.54 Å². The Bertz CT molecular complexity index is 118. The Morgan fingerprint density at radius 2 is 2.67 bits per heavy atom. The third-order valence-corrected chi connectivity index (χ3v) is 1.34. The van der Waals surface area contributed by atoms with Crippen molar-refractivity contribution in [2.24, 2.45) is 0 Å². The van der Waals surface area contributed by atoms with Crippen LogP contribution in [0.2, 0.25) is 5.82 Å². The molecule has 1 aliphatic heterocycles. The molecule has 3 nitrogen and oxygen atoms in total. The molecule has 1 N–H and O–H groups in total. The molecule has 0 aromatic heterocycles. The number of hydrogen-bond donors (Lipinski definition) is 1. The lowest BCUT2D eigenvalue weighted by Gasteiger charge is -1.99. The molecule has 1 saturated heterocycles. The topological polar surface area (TPSA) is 38.3 Å². The van der Waals surface area contributed by atoms with E-state index in [1.54, 1.807) is 14.6 Å². The van der Waals surface area contributed by atoms with Crippen molar-refractivity contribution in [3.63, 3.8) is 0 Å². The number of hydrogen-bond acceptors (Lipinski definition) is 2. The molecule has 9 heavy (non-hydrogen) atoms. The SMILES string of the molecule is CO[B]C1CNC(=O)C1. The van der Waals surface area contributed by atoms with Gasteiger partial charge in [0, 0.05) is 20.1 Å². The average Bonchev–Trinajstić information content (AvgIpc) is 2.17. The summed E-state index contributed by atoms with van der Waals surface area (Å²) in [6, 6.07) is 0. The Hall–Kier alpha value is -0.505. The molecule has 1 unspecified atom stereocenters. The molecule has 1 fully saturated rings. The molecule has 1 heterocycles. The normalized spacial score (nSPS) is 25.9. The predicted octanol–water partition coefficient (Wildman–Crippen LogP) is -0.440. The van der Waals surface area contributed by atoms with Crippen LogP contribution in [-0.2, 0) is 9.45 Å².